The van der Waals surface area contributed by atoms with Crippen LogP contribution < -0.4 is 0 Å². The smallest absolute Gasteiger partial charge is 0.420 e. The van der Waals surface area contributed by atoms with Gasteiger partial charge in [-0.05, 0) is 0 Å². The molecule has 0 fully saturated rings. The van der Waals surface area contributed by atoms with Gasteiger partial charge in [0.05, 0.1) is 12.1 Å². The minimum Gasteiger partial charge on any atom is -0.477 e. The summed E-state index contributed by atoms with van der Waals surface area (Å²) in [5, 5.41) is 12.6. The van der Waals surface area contributed by atoms with E-state index in [9.17, 15) is 31.1 Å². The lowest BCUT2D eigenvalue weighted by atomic mass is 10.1. The highest BCUT2D eigenvalue weighted by molar-refractivity contribution is 5.87. The summed E-state index contributed by atoms with van der Waals surface area (Å²) < 4.78 is 73.0. The number of rotatable bonds is 2. The van der Waals surface area contributed by atoms with E-state index in [1.54, 1.807) is 0 Å². The third kappa shape index (κ3) is 3.11. The zero-order valence-electron chi connectivity index (χ0n) is 7.78. The van der Waals surface area contributed by atoms with Crippen LogP contribution in [0, 0.1) is 0 Å². The van der Waals surface area contributed by atoms with Crippen LogP contribution in [0.3, 0.4) is 0 Å². The number of hydrogen-bond donors (Lipinski definition) is 2. The second-order valence-electron chi connectivity index (χ2n) is 3.02. The van der Waals surface area contributed by atoms with Gasteiger partial charge >= 0.3 is 18.3 Å². The Balaban J connectivity index is 3.29. The highest BCUT2D eigenvalue weighted by Gasteiger charge is 2.43. The van der Waals surface area contributed by atoms with Crippen molar-refractivity contribution in [1.29, 1.82) is 0 Å². The molecule has 0 spiro atoms. The van der Waals surface area contributed by atoms with E-state index in [1.807, 2.05) is 0 Å². The number of aromatic nitrogens is 2. The van der Waals surface area contributed by atoms with Crippen molar-refractivity contribution in [2.24, 2.45) is 0 Å². The molecule has 0 atom stereocenters. The van der Waals surface area contributed by atoms with Crippen LogP contribution in [0.15, 0.2) is 0 Å². The first-order valence-corrected chi connectivity index (χ1v) is 3.97. The molecule has 0 radical (unpaired) electrons. The van der Waals surface area contributed by atoms with Crippen molar-refractivity contribution in [2.45, 2.75) is 18.8 Å². The van der Waals surface area contributed by atoms with Crippen LogP contribution in [0.25, 0.3) is 0 Å². The minimum atomic E-state index is -5.22. The first-order chi connectivity index (χ1) is 7.52. The molecule has 0 amide bonds. The summed E-state index contributed by atoms with van der Waals surface area (Å²) in [4.78, 5) is 10.4. The van der Waals surface area contributed by atoms with Gasteiger partial charge in [-0.3, -0.25) is 5.10 Å². The van der Waals surface area contributed by atoms with E-state index in [0.717, 1.165) is 0 Å². The molecular weight excluding hydrogens is 258 g/mol. The van der Waals surface area contributed by atoms with Gasteiger partial charge in [0.1, 0.15) is 5.56 Å². The van der Waals surface area contributed by atoms with E-state index in [0.29, 0.717) is 0 Å². The van der Waals surface area contributed by atoms with Gasteiger partial charge in [0, 0.05) is 0 Å². The summed E-state index contributed by atoms with van der Waals surface area (Å²) in [6.45, 7) is 0. The van der Waals surface area contributed by atoms with Crippen LogP contribution in [0.2, 0.25) is 0 Å². The molecule has 0 saturated carbocycles. The maximum Gasteiger partial charge on any atom is 0.420 e. The highest BCUT2D eigenvalue weighted by Crippen LogP contribution is 2.36. The summed E-state index contributed by atoms with van der Waals surface area (Å²) in [6, 6.07) is 0. The van der Waals surface area contributed by atoms with E-state index in [4.69, 9.17) is 5.11 Å². The molecule has 2 N–H and O–H groups in total. The molecule has 0 aromatic carbocycles. The Labute approximate surface area is 89.2 Å². The van der Waals surface area contributed by atoms with Crippen molar-refractivity contribution in [3.8, 4) is 0 Å². The summed E-state index contributed by atoms with van der Waals surface area (Å²) in [5.41, 5.74) is -4.69. The van der Waals surface area contributed by atoms with Gasteiger partial charge in [0.25, 0.3) is 0 Å². The first kappa shape index (κ1) is 13.3. The van der Waals surface area contributed by atoms with Crippen molar-refractivity contribution in [1.82, 2.24) is 10.2 Å². The Bertz CT molecular complexity index is 433. The fourth-order valence-corrected chi connectivity index (χ4v) is 1.16. The molecule has 10 heteroatoms. The van der Waals surface area contributed by atoms with E-state index in [2.05, 4.69) is 5.10 Å². The van der Waals surface area contributed by atoms with E-state index < -0.39 is 41.7 Å². The van der Waals surface area contributed by atoms with Crippen LogP contribution in [-0.2, 0) is 12.6 Å². The average molecular weight is 262 g/mol. The number of carboxylic acid groups (broad SMARTS) is 1. The molecule has 0 aliphatic rings. The molecule has 1 rings (SSSR count). The summed E-state index contributed by atoms with van der Waals surface area (Å²) in [5.74, 6) is -2.03. The first-order valence-electron chi connectivity index (χ1n) is 3.97. The van der Waals surface area contributed by atoms with E-state index >= 15 is 0 Å². The predicted molar refractivity (Wildman–Crippen MR) is 40.3 cm³/mol. The largest absolute Gasteiger partial charge is 0.477 e. The molecule has 4 nitrogen and oxygen atoms in total. The summed E-state index contributed by atoms with van der Waals surface area (Å²) in [7, 11) is 0. The predicted octanol–water partition coefficient (Wildman–Crippen LogP) is 2.23. The van der Waals surface area contributed by atoms with Crippen LogP contribution in [-0.4, -0.2) is 27.4 Å². The SMILES string of the molecule is O=C(O)c1[nH]nc(CC(F)(F)F)c1C(F)(F)F. The van der Waals surface area contributed by atoms with E-state index in [1.165, 1.54) is 5.10 Å². The zero-order chi connectivity index (χ0) is 13.4. The fourth-order valence-electron chi connectivity index (χ4n) is 1.16. The molecule has 1 aromatic rings. The maximum absolute atomic E-state index is 12.4. The Morgan fingerprint density at radius 2 is 1.76 bits per heavy atom. The lowest BCUT2D eigenvalue weighted by molar-refractivity contribution is -0.143. The van der Waals surface area contributed by atoms with Gasteiger partial charge in [-0.15, -0.1) is 0 Å². The topological polar surface area (TPSA) is 66.0 Å². The number of alkyl halides is 6. The molecule has 0 aliphatic heterocycles. The number of nitrogens with zero attached hydrogens (tertiary/aromatic N) is 1. The highest BCUT2D eigenvalue weighted by atomic mass is 19.4. The van der Waals surface area contributed by atoms with Gasteiger partial charge in [-0.25, -0.2) is 4.79 Å². The molecular formula is C7H4F6N2O2. The molecule has 96 valence electrons. The van der Waals surface area contributed by atoms with Gasteiger partial charge < -0.3 is 5.11 Å². The number of H-pyrrole nitrogens is 1. The fraction of sp³-hybridized carbons (Fsp3) is 0.429. The molecule has 0 bridgehead atoms. The normalized spacial score (nSPS) is 12.8. The molecule has 0 unspecified atom stereocenters. The standard InChI is InChI=1S/C7H4F6N2O2/c8-6(9,10)1-2-3(7(11,12)13)4(5(16)17)15-14-2/h1H2,(H,14,15)(H,16,17). The second-order valence-corrected chi connectivity index (χ2v) is 3.02. The van der Waals surface area contributed by atoms with E-state index in [-0.39, 0.29) is 0 Å². The quantitative estimate of drug-likeness (QED) is 0.803. The molecule has 0 aliphatic carbocycles. The maximum atomic E-state index is 12.4. The number of hydrogen-bond acceptors (Lipinski definition) is 2. The van der Waals surface area contributed by atoms with Crippen LogP contribution in [0.1, 0.15) is 21.7 Å². The van der Waals surface area contributed by atoms with Crippen LogP contribution >= 0.6 is 0 Å². The third-order valence-corrected chi connectivity index (χ3v) is 1.71. The third-order valence-electron chi connectivity index (χ3n) is 1.71. The molecule has 1 aromatic heterocycles. The van der Waals surface area contributed by atoms with Gasteiger partial charge in [-0.2, -0.15) is 31.4 Å². The summed E-state index contributed by atoms with van der Waals surface area (Å²) in [6.07, 6.45) is -12.1. The number of carboxylic acids is 1. The van der Waals surface area contributed by atoms with Crippen LogP contribution in [0.4, 0.5) is 26.3 Å². The number of aromatic carboxylic acids is 1. The average Bonchev–Trinajstić information content (AvgIpc) is 2.43. The lowest BCUT2D eigenvalue weighted by Crippen LogP contribution is -2.18. The number of nitrogens with one attached hydrogen (secondary N) is 1. The monoisotopic (exact) mass is 262 g/mol. The Kier molecular flexibility index (Phi) is 3.08. The van der Waals surface area contributed by atoms with Crippen molar-refractivity contribution in [2.75, 3.05) is 0 Å². The Morgan fingerprint density at radius 1 is 1.24 bits per heavy atom. The number of halogens is 6. The molecule has 17 heavy (non-hydrogen) atoms. The minimum absolute atomic E-state index is 1.39. The van der Waals surface area contributed by atoms with Gasteiger partial charge in [0.2, 0.25) is 0 Å². The number of carbonyl (C=O) groups is 1. The second kappa shape index (κ2) is 3.93. The van der Waals surface area contributed by atoms with Crippen molar-refractivity contribution in [3.63, 3.8) is 0 Å². The van der Waals surface area contributed by atoms with Gasteiger partial charge in [-0.1, -0.05) is 0 Å². The van der Waals surface area contributed by atoms with Crippen molar-refractivity contribution in [3.05, 3.63) is 17.0 Å². The number of aromatic amines is 1. The van der Waals surface area contributed by atoms with Crippen molar-refractivity contribution < 1.29 is 36.2 Å². The summed E-state index contributed by atoms with van der Waals surface area (Å²) >= 11 is 0. The van der Waals surface area contributed by atoms with Gasteiger partial charge in [0.15, 0.2) is 5.69 Å². The zero-order valence-corrected chi connectivity index (χ0v) is 7.78. The van der Waals surface area contributed by atoms with Crippen LogP contribution in [0.5, 0.6) is 0 Å². The van der Waals surface area contributed by atoms with Crippen molar-refractivity contribution >= 4 is 5.97 Å². The Morgan fingerprint density at radius 3 is 2.12 bits per heavy atom. The Hall–Kier alpha value is -1.74. The molecule has 1 heterocycles. The lowest BCUT2D eigenvalue weighted by Gasteiger charge is -2.09. The molecule has 0 saturated heterocycles.